The van der Waals surface area contributed by atoms with E-state index in [4.69, 9.17) is 0 Å². The van der Waals surface area contributed by atoms with Gasteiger partial charge in [0.2, 0.25) is 0 Å². The SMILES string of the molecule is COC(=O)c1csc(CN(C(=O)Nc2ccc(F)cc2F)C2CC2)n1. The number of halogens is 2. The fourth-order valence-electron chi connectivity index (χ4n) is 2.26. The summed E-state index contributed by atoms with van der Waals surface area (Å²) in [6.45, 7) is 0.195. The number of nitrogens with zero attached hydrogens (tertiary/aromatic N) is 2. The minimum atomic E-state index is -0.841. The van der Waals surface area contributed by atoms with Crippen LogP contribution in [0.1, 0.15) is 28.3 Å². The van der Waals surface area contributed by atoms with E-state index in [9.17, 15) is 18.4 Å². The topological polar surface area (TPSA) is 71.5 Å². The van der Waals surface area contributed by atoms with Gasteiger partial charge in [-0.2, -0.15) is 0 Å². The number of hydrogen-bond acceptors (Lipinski definition) is 5. The Morgan fingerprint density at radius 2 is 2.16 bits per heavy atom. The van der Waals surface area contributed by atoms with Crippen LogP contribution in [0.5, 0.6) is 0 Å². The number of benzene rings is 1. The lowest BCUT2D eigenvalue weighted by atomic mass is 10.3. The molecule has 1 heterocycles. The molecule has 1 aliphatic rings. The largest absolute Gasteiger partial charge is 0.464 e. The van der Waals surface area contributed by atoms with Crippen molar-refractivity contribution in [2.24, 2.45) is 0 Å². The third-order valence-electron chi connectivity index (χ3n) is 3.67. The Morgan fingerprint density at radius 1 is 1.40 bits per heavy atom. The molecule has 25 heavy (non-hydrogen) atoms. The van der Waals surface area contributed by atoms with Crippen molar-refractivity contribution in [3.8, 4) is 0 Å². The number of urea groups is 1. The first kappa shape index (κ1) is 17.3. The van der Waals surface area contributed by atoms with E-state index in [0.29, 0.717) is 11.1 Å². The summed E-state index contributed by atoms with van der Waals surface area (Å²) in [5.74, 6) is -2.10. The van der Waals surface area contributed by atoms with Crippen LogP contribution in [0.3, 0.4) is 0 Å². The number of ether oxygens (including phenoxy) is 1. The van der Waals surface area contributed by atoms with Crippen LogP contribution >= 0.6 is 11.3 Å². The number of carbonyl (C=O) groups excluding carboxylic acids is 2. The van der Waals surface area contributed by atoms with E-state index in [1.165, 1.54) is 29.4 Å². The van der Waals surface area contributed by atoms with Crippen molar-refractivity contribution in [3.05, 3.63) is 45.9 Å². The summed E-state index contributed by atoms with van der Waals surface area (Å²) >= 11 is 1.24. The van der Waals surface area contributed by atoms with Gasteiger partial charge in [0.05, 0.1) is 19.3 Å². The zero-order valence-electron chi connectivity index (χ0n) is 13.3. The van der Waals surface area contributed by atoms with Crippen molar-refractivity contribution < 1.29 is 23.1 Å². The summed E-state index contributed by atoms with van der Waals surface area (Å²) in [6.07, 6.45) is 1.68. The van der Waals surface area contributed by atoms with Crippen molar-refractivity contribution in [1.29, 1.82) is 0 Å². The second kappa shape index (κ2) is 7.14. The summed E-state index contributed by atoms with van der Waals surface area (Å²) in [6, 6.07) is 2.49. The molecule has 1 N–H and O–H groups in total. The molecular weight excluding hydrogens is 352 g/mol. The van der Waals surface area contributed by atoms with E-state index in [0.717, 1.165) is 18.9 Å². The maximum Gasteiger partial charge on any atom is 0.357 e. The van der Waals surface area contributed by atoms with Gasteiger partial charge in [-0.05, 0) is 25.0 Å². The highest BCUT2D eigenvalue weighted by atomic mass is 32.1. The molecule has 1 aromatic carbocycles. The van der Waals surface area contributed by atoms with Gasteiger partial charge in [-0.25, -0.2) is 23.4 Å². The van der Waals surface area contributed by atoms with Crippen molar-refractivity contribution in [3.63, 3.8) is 0 Å². The summed E-state index contributed by atoms with van der Waals surface area (Å²) in [5, 5.41) is 4.58. The molecule has 0 spiro atoms. The minimum absolute atomic E-state index is 0.0361. The maximum absolute atomic E-state index is 13.7. The van der Waals surface area contributed by atoms with Crippen molar-refractivity contribution in [2.75, 3.05) is 12.4 Å². The van der Waals surface area contributed by atoms with E-state index >= 15 is 0 Å². The Hall–Kier alpha value is -2.55. The molecule has 0 aliphatic heterocycles. The van der Waals surface area contributed by atoms with Crippen molar-refractivity contribution in [2.45, 2.75) is 25.4 Å². The molecule has 0 atom stereocenters. The Morgan fingerprint density at radius 3 is 2.80 bits per heavy atom. The molecule has 2 aromatic rings. The van der Waals surface area contributed by atoms with Crippen molar-refractivity contribution >= 4 is 29.0 Å². The molecule has 9 heteroatoms. The van der Waals surface area contributed by atoms with Crippen LogP contribution in [-0.2, 0) is 11.3 Å². The molecule has 1 aliphatic carbocycles. The molecule has 0 unspecified atom stereocenters. The van der Waals surface area contributed by atoms with Gasteiger partial charge in [0.25, 0.3) is 0 Å². The monoisotopic (exact) mass is 367 g/mol. The quantitative estimate of drug-likeness (QED) is 0.822. The average molecular weight is 367 g/mol. The molecule has 1 saturated carbocycles. The molecule has 0 radical (unpaired) electrons. The van der Waals surface area contributed by atoms with Crippen LogP contribution < -0.4 is 5.32 Å². The zero-order valence-corrected chi connectivity index (χ0v) is 14.1. The van der Waals surface area contributed by atoms with Crippen LogP contribution in [0.15, 0.2) is 23.6 Å². The van der Waals surface area contributed by atoms with Gasteiger partial charge in [0.15, 0.2) is 5.69 Å². The Kier molecular flexibility index (Phi) is 4.93. The number of methoxy groups -OCH3 is 1. The van der Waals surface area contributed by atoms with E-state index in [2.05, 4.69) is 15.0 Å². The number of thiazole rings is 1. The van der Waals surface area contributed by atoms with Gasteiger partial charge in [0, 0.05) is 17.5 Å². The fraction of sp³-hybridized carbons (Fsp3) is 0.312. The van der Waals surface area contributed by atoms with Gasteiger partial charge in [-0.1, -0.05) is 0 Å². The Labute approximate surface area is 146 Å². The number of rotatable bonds is 5. The molecule has 132 valence electrons. The molecule has 0 saturated heterocycles. The average Bonchev–Trinajstić information content (AvgIpc) is 3.32. The highest BCUT2D eigenvalue weighted by molar-refractivity contribution is 7.09. The third-order valence-corrected chi connectivity index (χ3v) is 4.51. The third kappa shape index (κ3) is 4.11. The summed E-state index contributed by atoms with van der Waals surface area (Å²) < 4.78 is 31.3. The normalized spacial score (nSPS) is 13.4. The minimum Gasteiger partial charge on any atom is -0.464 e. The van der Waals surface area contributed by atoms with Gasteiger partial charge < -0.3 is 15.0 Å². The van der Waals surface area contributed by atoms with Crippen LogP contribution in [-0.4, -0.2) is 35.0 Å². The van der Waals surface area contributed by atoms with Gasteiger partial charge in [-0.3, -0.25) is 0 Å². The molecule has 1 fully saturated rings. The Balaban J connectivity index is 1.71. The number of aromatic nitrogens is 1. The fourth-order valence-corrected chi connectivity index (χ4v) is 3.02. The highest BCUT2D eigenvalue weighted by Gasteiger charge is 2.33. The van der Waals surface area contributed by atoms with E-state index in [-0.39, 0.29) is 24.0 Å². The van der Waals surface area contributed by atoms with E-state index in [1.54, 1.807) is 5.38 Å². The number of hydrogen-bond donors (Lipinski definition) is 1. The highest BCUT2D eigenvalue weighted by Crippen LogP contribution is 2.30. The lowest BCUT2D eigenvalue weighted by Gasteiger charge is -2.22. The maximum atomic E-state index is 13.7. The molecule has 0 bridgehead atoms. The zero-order chi connectivity index (χ0) is 18.0. The second-order valence-electron chi connectivity index (χ2n) is 5.53. The molecule has 6 nitrogen and oxygen atoms in total. The standard InChI is InChI=1S/C16H15F2N3O3S/c1-24-15(22)13-8-25-14(19-13)7-21(10-3-4-10)16(23)20-12-5-2-9(17)6-11(12)18/h2,5-6,8,10H,3-4,7H2,1H3,(H,20,23). The first-order valence-electron chi connectivity index (χ1n) is 7.53. The smallest absolute Gasteiger partial charge is 0.357 e. The van der Waals surface area contributed by atoms with E-state index < -0.39 is 23.6 Å². The molecule has 1 aromatic heterocycles. The second-order valence-corrected chi connectivity index (χ2v) is 6.47. The van der Waals surface area contributed by atoms with Crippen LogP contribution in [0.25, 0.3) is 0 Å². The lowest BCUT2D eigenvalue weighted by Crippen LogP contribution is -2.36. The van der Waals surface area contributed by atoms with Crippen LogP contribution in [0.4, 0.5) is 19.3 Å². The molecular formula is C16H15F2N3O3S. The van der Waals surface area contributed by atoms with Gasteiger partial charge >= 0.3 is 12.0 Å². The molecule has 3 rings (SSSR count). The van der Waals surface area contributed by atoms with Gasteiger partial charge in [0.1, 0.15) is 16.6 Å². The first-order chi connectivity index (χ1) is 12.0. The predicted molar refractivity (Wildman–Crippen MR) is 87.4 cm³/mol. The number of nitrogens with one attached hydrogen (secondary N) is 1. The number of anilines is 1. The summed E-state index contributed by atoms with van der Waals surface area (Å²) in [7, 11) is 1.27. The summed E-state index contributed by atoms with van der Waals surface area (Å²) in [5.41, 5.74) is 0.0923. The number of amides is 2. The van der Waals surface area contributed by atoms with Crippen LogP contribution in [0.2, 0.25) is 0 Å². The van der Waals surface area contributed by atoms with Crippen molar-refractivity contribution in [1.82, 2.24) is 9.88 Å². The summed E-state index contributed by atoms with van der Waals surface area (Å²) in [4.78, 5) is 29.6. The lowest BCUT2D eigenvalue weighted by molar-refractivity contribution is 0.0594. The van der Waals surface area contributed by atoms with Crippen LogP contribution in [0, 0.1) is 11.6 Å². The predicted octanol–water partition coefficient (Wildman–Crippen LogP) is 3.40. The van der Waals surface area contributed by atoms with E-state index in [1.807, 2.05) is 0 Å². The van der Waals surface area contributed by atoms with Gasteiger partial charge in [-0.15, -0.1) is 11.3 Å². The first-order valence-corrected chi connectivity index (χ1v) is 8.41. The number of esters is 1. The Bertz CT molecular complexity index is 808. The number of carbonyl (C=O) groups is 2. The molecule has 2 amide bonds.